The molecule has 1 rings (SSSR count). The molecule has 1 N–H and O–H groups in total. The molecule has 0 bridgehead atoms. The number of hydrogen-bond donors (Lipinski definition) is 1. The number of H-pyrrole nitrogens is 1. The zero-order valence-corrected chi connectivity index (χ0v) is 9.29. The van der Waals surface area contributed by atoms with E-state index in [0.29, 0.717) is 19.1 Å². The molecule has 0 aromatic carbocycles. The summed E-state index contributed by atoms with van der Waals surface area (Å²) < 4.78 is 10.2. The number of carbonyl (C=O) groups is 1. The third-order valence-electron chi connectivity index (χ3n) is 1.94. The molecule has 0 spiro atoms. The Kier molecular flexibility index (Phi) is 4.15. The van der Waals surface area contributed by atoms with Crippen molar-refractivity contribution < 1.29 is 14.3 Å². The van der Waals surface area contributed by atoms with E-state index in [9.17, 15) is 4.79 Å². The highest BCUT2D eigenvalue weighted by Crippen LogP contribution is 2.19. The molecule has 1 heterocycles. The number of rotatable bonds is 5. The van der Waals surface area contributed by atoms with Crippen LogP contribution < -0.4 is 4.74 Å². The van der Waals surface area contributed by atoms with Crippen molar-refractivity contribution >= 4 is 5.97 Å². The summed E-state index contributed by atoms with van der Waals surface area (Å²) in [7, 11) is 0. The maximum absolute atomic E-state index is 11.3. The van der Waals surface area contributed by atoms with E-state index in [2.05, 4.69) is 10.2 Å². The van der Waals surface area contributed by atoms with Gasteiger partial charge in [-0.1, -0.05) is 0 Å². The molecule has 1 aromatic heterocycles. The highest BCUT2D eigenvalue weighted by molar-refractivity contribution is 5.73. The number of ether oxygens (including phenoxy) is 2. The first-order valence-electron chi connectivity index (χ1n) is 5.01. The fraction of sp³-hybridized carbons (Fsp3) is 0.600. The maximum atomic E-state index is 11.3. The van der Waals surface area contributed by atoms with Gasteiger partial charge in [0.15, 0.2) is 0 Å². The molecule has 0 unspecified atom stereocenters. The summed E-state index contributed by atoms with van der Waals surface area (Å²) in [5, 5.41) is 6.75. The first kappa shape index (κ1) is 11.6. The molecular formula is C10H16N2O3. The maximum Gasteiger partial charge on any atom is 0.310 e. The smallest absolute Gasteiger partial charge is 0.310 e. The summed E-state index contributed by atoms with van der Waals surface area (Å²) in [6.07, 6.45) is 0.200. The van der Waals surface area contributed by atoms with Crippen LogP contribution in [0.4, 0.5) is 0 Å². The largest absolute Gasteiger partial charge is 0.477 e. The molecule has 0 radical (unpaired) electrons. The SMILES string of the molecule is CCOC(=O)Cc1c(OCC)n[nH]c1C. The van der Waals surface area contributed by atoms with E-state index in [1.165, 1.54) is 0 Å². The summed E-state index contributed by atoms with van der Waals surface area (Å²) in [5.74, 6) is 0.228. The van der Waals surface area contributed by atoms with Crippen molar-refractivity contribution in [2.75, 3.05) is 13.2 Å². The van der Waals surface area contributed by atoms with E-state index >= 15 is 0 Å². The molecule has 0 aliphatic carbocycles. The van der Waals surface area contributed by atoms with Crippen LogP contribution >= 0.6 is 0 Å². The molecule has 84 valence electrons. The van der Waals surface area contributed by atoms with Crippen LogP contribution in [-0.2, 0) is 16.0 Å². The fourth-order valence-corrected chi connectivity index (χ4v) is 1.25. The lowest BCUT2D eigenvalue weighted by Gasteiger charge is -2.04. The number of esters is 1. The lowest BCUT2D eigenvalue weighted by Crippen LogP contribution is -2.09. The Morgan fingerprint density at radius 3 is 2.73 bits per heavy atom. The quantitative estimate of drug-likeness (QED) is 0.745. The van der Waals surface area contributed by atoms with E-state index in [4.69, 9.17) is 9.47 Å². The number of nitrogens with one attached hydrogen (secondary N) is 1. The van der Waals surface area contributed by atoms with Crippen LogP contribution in [0.2, 0.25) is 0 Å². The lowest BCUT2D eigenvalue weighted by molar-refractivity contribution is -0.142. The van der Waals surface area contributed by atoms with Gasteiger partial charge in [0.1, 0.15) is 0 Å². The van der Waals surface area contributed by atoms with Crippen LogP contribution in [0.1, 0.15) is 25.1 Å². The van der Waals surface area contributed by atoms with Gasteiger partial charge < -0.3 is 9.47 Å². The Bertz CT molecular complexity index is 333. The van der Waals surface area contributed by atoms with E-state index in [1.54, 1.807) is 6.92 Å². The standard InChI is InChI=1S/C10H16N2O3/c1-4-14-9(13)6-8-7(3)11-12-10(8)15-5-2/h4-6H2,1-3H3,(H,11,12). The van der Waals surface area contributed by atoms with E-state index < -0.39 is 0 Å². The minimum Gasteiger partial charge on any atom is -0.477 e. The zero-order valence-electron chi connectivity index (χ0n) is 9.29. The van der Waals surface area contributed by atoms with Gasteiger partial charge in [-0.2, -0.15) is 0 Å². The number of carbonyl (C=O) groups excluding carboxylic acids is 1. The van der Waals surface area contributed by atoms with Gasteiger partial charge in [0, 0.05) is 11.3 Å². The number of nitrogens with zero attached hydrogens (tertiary/aromatic N) is 1. The normalized spacial score (nSPS) is 10.1. The molecule has 0 saturated carbocycles. The predicted molar refractivity (Wildman–Crippen MR) is 54.8 cm³/mol. The summed E-state index contributed by atoms with van der Waals surface area (Å²) in [4.78, 5) is 11.3. The Labute approximate surface area is 88.8 Å². The predicted octanol–water partition coefficient (Wildman–Crippen LogP) is 1.22. The van der Waals surface area contributed by atoms with Gasteiger partial charge in [-0.25, -0.2) is 0 Å². The van der Waals surface area contributed by atoms with E-state index in [0.717, 1.165) is 11.3 Å². The van der Waals surface area contributed by atoms with Crippen molar-refractivity contribution in [2.45, 2.75) is 27.2 Å². The first-order chi connectivity index (χ1) is 7.19. The Morgan fingerprint density at radius 2 is 2.13 bits per heavy atom. The van der Waals surface area contributed by atoms with Crippen LogP contribution in [0, 0.1) is 6.92 Å². The van der Waals surface area contributed by atoms with Gasteiger partial charge >= 0.3 is 5.97 Å². The topological polar surface area (TPSA) is 64.2 Å². The average Bonchev–Trinajstić information content (AvgIpc) is 2.51. The summed E-state index contributed by atoms with van der Waals surface area (Å²) >= 11 is 0. The van der Waals surface area contributed by atoms with Crippen molar-refractivity contribution in [2.24, 2.45) is 0 Å². The molecule has 5 heteroatoms. The molecule has 15 heavy (non-hydrogen) atoms. The molecule has 0 fully saturated rings. The molecule has 0 aliphatic heterocycles. The van der Waals surface area contributed by atoms with Crippen LogP contribution in [0.25, 0.3) is 0 Å². The second kappa shape index (κ2) is 5.38. The van der Waals surface area contributed by atoms with Gasteiger partial charge in [0.05, 0.1) is 19.6 Å². The molecule has 0 atom stereocenters. The Hall–Kier alpha value is -1.52. The highest BCUT2D eigenvalue weighted by atomic mass is 16.5. The third kappa shape index (κ3) is 2.97. The minimum absolute atomic E-state index is 0.200. The monoisotopic (exact) mass is 212 g/mol. The van der Waals surface area contributed by atoms with Gasteiger partial charge in [-0.05, 0) is 20.8 Å². The van der Waals surface area contributed by atoms with Crippen LogP contribution in [0.5, 0.6) is 5.88 Å². The minimum atomic E-state index is -0.261. The van der Waals surface area contributed by atoms with E-state index in [1.807, 2.05) is 13.8 Å². The van der Waals surface area contributed by atoms with Crippen LogP contribution in [-0.4, -0.2) is 29.4 Å². The van der Waals surface area contributed by atoms with Crippen molar-refractivity contribution in [1.82, 2.24) is 10.2 Å². The van der Waals surface area contributed by atoms with Gasteiger partial charge in [-0.15, -0.1) is 5.10 Å². The molecular weight excluding hydrogens is 196 g/mol. The molecule has 0 saturated heterocycles. The van der Waals surface area contributed by atoms with Crippen molar-refractivity contribution in [3.05, 3.63) is 11.3 Å². The number of aromatic amines is 1. The number of aromatic nitrogens is 2. The van der Waals surface area contributed by atoms with Crippen molar-refractivity contribution in [1.29, 1.82) is 0 Å². The fourth-order valence-electron chi connectivity index (χ4n) is 1.25. The number of aryl methyl sites for hydroxylation is 1. The van der Waals surface area contributed by atoms with Gasteiger partial charge in [0.2, 0.25) is 5.88 Å². The van der Waals surface area contributed by atoms with Crippen LogP contribution in [0.3, 0.4) is 0 Å². The summed E-state index contributed by atoms with van der Waals surface area (Å²) in [5.41, 5.74) is 1.61. The molecule has 5 nitrogen and oxygen atoms in total. The summed E-state index contributed by atoms with van der Waals surface area (Å²) in [6.45, 7) is 6.42. The van der Waals surface area contributed by atoms with Gasteiger partial charge in [0.25, 0.3) is 0 Å². The summed E-state index contributed by atoms with van der Waals surface area (Å²) in [6, 6.07) is 0. The second-order valence-corrected chi connectivity index (χ2v) is 3.05. The lowest BCUT2D eigenvalue weighted by atomic mass is 10.2. The Balaban J connectivity index is 2.73. The second-order valence-electron chi connectivity index (χ2n) is 3.05. The average molecular weight is 212 g/mol. The first-order valence-corrected chi connectivity index (χ1v) is 5.01. The van der Waals surface area contributed by atoms with Crippen LogP contribution in [0.15, 0.2) is 0 Å². The zero-order chi connectivity index (χ0) is 11.3. The van der Waals surface area contributed by atoms with E-state index in [-0.39, 0.29) is 12.4 Å². The van der Waals surface area contributed by atoms with Crippen molar-refractivity contribution in [3.8, 4) is 5.88 Å². The molecule has 0 amide bonds. The molecule has 1 aromatic rings. The molecule has 0 aliphatic rings. The third-order valence-corrected chi connectivity index (χ3v) is 1.94. The van der Waals surface area contributed by atoms with Crippen molar-refractivity contribution in [3.63, 3.8) is 0 Å². The Morgan fingerprint density at radius 1 is 1.40 bits per heavy atom. The van der Waals surface area contributed by atoms with Gasteiger partial charge in [-0.3, -0.25) is 9.89 Å². The highest BCUT2D eigenvalue weighted by Gasteiger charge is 2.15. The number of hydrogen-bond acceptors (Lipinski definition) is 4.